The van der Waals surface area contributed by atoms with Gasteiger partial charge in [-0.1, -0.05) is 11.6 Å². The summed E-state index contributed by atoms with van der Waals surface area (Å²) in [5, 5.41) is 12.7. The summed E-state index contributed by atoms with van der Waals surface area (Å²) >= 11 is 6.37. The van der Waals surface area contributed by atoms with E-state index in [-0.39, 0.29) is 0 Å². The van der Waals surface area contributed by atoms with Crippen LogP contribution in [0.5, 0.6) is 5.75 Å². The number of hydrogen-bond donors (Lipinski definition) is 3. The van der Waals surface area contributed by atoms with Gasteiger partial charge in [0.1, 0.15) is 0 Å². The molecule has 0 atom stereocenters. The molecule has 3 heterocycles. The maximum absolute atomic E-state index is 6.37. The van der Waals surface area contributed by atoms with Crippen LogP contribution in [0.4, 0.5) is 0 Å². The quantitative estimate of drug-likeness (QED) is 0.682. The van der Waals surface area contributed by atoms with Gasteiger partial charge in [-0.05, 0) is 12.1 Å². The van der Waals surface area contributed by atoms with Crippen molar-refractivity contribution in [2.75, 3.05) is 13.7 Å². The molecule has 2 aromatic heterocycles. The second kappa shape index (κ2) is 4.79. The number of aromatic nitrogens is 3. The predicted octanol–water partition coefficient (Wildman–Crippen LogP) is 2.87. The third kappa shape index (κ3) is 1.85. The molecule has 1 aliphatic heterocycles. The van der Waals surface area contributed by atoms with Crippen LogP contribution in [-0.4, -0.2) is 28.8 Å². The van der Waals surface area contributed by atoms with E-state index in [9.17, 15) is 0 Å². The van der Waals surface area contributed by atoms with Crippen LogP contribution in [0.15, 0.2) is 18.3 Å². The van der Waals surface area contributed by atoms with Gasteiger partial charge in [0.2, 0.25) is 0 Å². The molecule has 21 heavy (non-hydrogen) atoms. The SMILES string of the molecule is COc1c(Cl)cc(-c2[nH]nc3c2CNCC3)c2cc[nH]c12. The van der Waals surface area contributed by atoms with Crippen molar-refractivity contribution < 1.29 is 4.74 Å². The number of fused-ring (bicyclic) bond motifs is 2. The predicted molar refractivity (Wildman–Crippen MR) is 82.9 cm³/mol. The molecule has 1 aliphatic rings. The van der Waals surface area contributed by atoms with Gasteiger partial charge in [0.05, 0.1) is 29.0 Å². The van der Waals surface area contributed by atoms with Crippen molar-refractivity contribution in [1.29, 1.82) is 0 Å². The van der Waals surface area contributed by atoms with Crippen molar-refractivity contribution in [3.8, 4) is 17.0 Å². The second-order valence-electron chi connectivity index (χ2n) is 5.16. The molecular formula is C15H15ClN4O. The molecule has 0 bridgehead atoms. The number of H-pyrrole nitrogens is 2. The summed E-state index contributed by atoms with van der Waals surface area (Å²) in [5.41, 5.74) is 5.36. The van der Waals surface area contributed by atoms with E-state index in [1.807, 2.05) is 18.3 Å². The topological polar surface area (TPSA) is 65.7 Å². The maximum Gasteiger partial charge on any atom is 0.161 e. The molecule has 3 N–H and O–H groups in total. The molecule has 6 heteroatoms. The fourth-order valence-corrected chi connectivity index (χ4v) is 3.30. The fraction of sp³-hybridized carbons (Fsp3) is 0.267. The van der Waals surface area contributed by atoms with E-state index in [0.29, 0.717) is 10.8 Å². The molecule has 0 unspecified atom stereocenters. The first-order valence-corrected chi connectivity index (χ1v) is 7.28. The zero-order chi connectivity index (χ0) is 14.4. The van der Waals surface area contributed by atoms with Gasteiger partial charge in [0.25, 0.3) is 0 Å². The highest BCUT2D eigenvalue weighted by Gasteiger charge is 2.21. The van der Waals surface area contributed by atoms with Crippen molar-refractivity contribution in [3.05, 3.63) is 34.6 Å². The standard InChI is InChI=1S/C15H15ClN4O/c1-21-15-11(16)6-9(8-2-5-18-14(8)15)13-10-7-17-4-3-12(10)19-20-13/h2,5-6,17-18H,3-4,7H2,1H3,(H,19,20). The first-order chi connectivity index (χ1) is 10.3. The minimum atomic E-state index is 0.592. The summed E-state index contributed by atoms with van der Waals surface area (Å²) in [6, 6.07) is 3.98. The summed E-state index contributed by atoms with van der Waals surface area (Å²) in [5.74, 6) is 0.673. The Kier molecular flexibility index (Phi) is 2.90. The lowest BCUT2D eigenvalue weighted by Crippen LogP contribution is -2.23. The van der Waals surface area contributed by atoms with Gasteiger partial charge in [-0.25, -0.2) is 0 Å². The summed E-state index contributed by atoms with van der Waals surface area (Å²) < 4.78 is 5.40. The van der Waals surface area contributed by atoms with Crippen molar-refractivity contribution in [2.45, 2.75) is 13.0 Å². The monoisotopic (exact) mass is 302 g/mol. The Morgan fingerprint density at radius 2 is 2.29 bits per heavy atom. The molecule has 0 radical (unpaired) electrons. The number of hydrogen-bond acceptors (Lipinski definition) is 3. The largest absolute Gasteiger partial charge is 0.493 e. The number of methoxy groups -OCH3 is 1. The lowest BCUT2D eigenvalue weighted by Gasteiger charge is -2.14. The van der Waals surface area contributed by atoms with E-state index >= 15 is 0 Å². The van der Waals surface area contributed by atoms with Gasteiger partial charge in [-0.15, -0.1) is 0 Å². The summed E-state index contributed by atoms with van der Waals surface area (Å²) in [7, 11) is 1.63. The molecule has 108 valence electrons. The number of halogens is 1. The summed E-state index contributed by atoms with van der Waals surface area (Å²) in [6.45, 7) is 1.80. The third-order valence-electron chi connectivity index (χ3n) is 4.02. The van der Waals surface area contributed by atoms with Crippen LogP contribution in [-0.2, 0) is 13.0 Å². The Labute approximate surface area is 126 Å². The highest BCUT2D eigenvalue weighted by Crippen LogP contribution is 2.40. The van der Waals surface area contributed by atoms with E-state index in [1.165, 1.54) is 5.56 Å². The Bertz CT molecular complexity index is 821. The van der Waals surface area contributed by atoms with E-state index in [2.05, 4.69) is 20.5 Å². The fourth-order valence-electron chi connectivity index (χ4n) is 3.02. The third-order valence-corrected chi connectivity index (χ3v) is 4.30. The highest BCUT2D eigenvalue weighted by molar-refractivity contribution is 6.34. The van der Waals surface area contributed by atoms with E-state index in [1.54, 1.807) is 7.11 Å². The zero-order valence-electron chi connectivity index (χ0n) is 11.6. The van der Waals surface area contributed by atoms with Crippen LogP contribution < -0.4 is 10.1 Å². The normalized spacial score (nSPS) is 14.4. The van der Waals surface area contributed by atoms with Gasteiger partial charge in [-0.2, -0.15) is 5.10 Å². The van der Waals surface area contributed by atoms with E-state index in [4.69, 9.17) is 16.3 Å². The lowest BCUT2D eigenvalue weighted by molar-refractivity contribution is 0.419. The minimum absolute atomic E-state index is 0.592. The molecule has 0 saturated heterocycles. The molecule has 4 rings (SSSR count). The van der Waals surface area contributed by atoms with Gasteiger partial charge in [0.15, 0.2) is 5.75 Å². The van der Waals surface area contributed by atoms with Crippen molar-refractivity contribution >= 4 is 22.5 Å². The number of benzene rings is 1. The first kappa shape index (κ1) is 12.7. The number of aromatic amines is 2. The Morgan fingerprint density at radius 3 is 3.14 bits per heavy atom. The molecule has 1 aromatic carbocycles. The molecule has 0 fully saturated rings. The molecule has 0 spiro atoms. The van der Waals surface area contributed by atoms with Gasteiger partial charge < -0.3 is 15.0 Å². The first-order valence-electron chi connectivity index (χ1n) is 6.90. The number of rotatable bonds is 2. The summed E-state index contributed by atoms with van der Waals surface area (Å²) in [6.07, 6.45) is 2.85. The van der Waals surface area contributed by atoms with Crippen LogP contribution in [0, 0.1) is 0 Å². The smallest absolute Gasteiger partial charge is 0.161 e. The summed E-state index contributed by atoms with van der Waals surface area (Å²) in [4.78, 5) is 3.20. The van der Waals surface area contributed by atoms with Gasteiger partial charge in [0, 0.05) is 42.2 Å². The van der Waals surface area contributed by atoms with E-state index in [0.717, 1.165) is 47.4 Å². The molecular weight excluding hydrogens is 288 g/mol. The van der Waals surface area contributed by atoms with Crippen molar-refractivity contribution in [3.63, 3.8) is 0 Å². The number of ether oxygens (including phenoxy) is 1. The van der Waals surface area contributed by atoms with Gasteiger partial charge in [-0.3, -0.25) is 5.10 Å². The van der Waals surface area contributed by atoms with Crippen molar-refractivity contribution in [2.24, 2.45) is 0 Å². The van der Waals surface area contributed by atoms with Crippen LogP contribution >= 0.6 is 11.6 Å². The van der Waals surface area contributed by atoms with Crippen molar-refractivity contribution in [1.82, 2.24) is 20.5 Å². The number of nitrogens with zero attached hydrogens (tertiary/aromatic N) is 1. The van der Waals surface area contributed by atoms with Crippen LogP contribution in [0.1, 0.15) is 11.3 Å². The highest BCUT2D eigenvalue weighted by atomic mass is 35.5. The Balaban J connectivity index is 1.99. The van der Waals surface area contributed by atoms with Crippen LogP contribution in [0.25, 0.3) is 22.2 Å². The lowest BCUT2D eigenvalue weighted by atomic mass is 9.99. The van der Waals surface area contributed by atoms with Crippen LogP contribution in [0.3, 0.4) is 0 Å². The maximum atomic E-state index is 6.37. The zero-order valence-corrected chi connectivity index (χ0v) is 12.3. The molecule has 0 amide bonds. The average Bonchev–Trinajstić information content (AvgIpc) is 3.13. The molecule has 0 aliphatic carbocycles. The molecule has 0 saturated carbocycles. The second-order valence-corrected chi connectivity index (χ2v) is 5.56. The molecule has 3 aromatic rings. The number of nitrogens with one attached hydrogen (secondary N) is 3. The average molecular weight is 303 g/mol. The minimum Gasteiger partial charge on any atom is -0.493 e. The van der Waals surface area contributed by atoms with Crippen LogP contribution in [0.2, 0.25) is 5.02 Å². The molecule has 5 nitrogen and oxygen atoms in total. The van der Waals surface area contributed by atoms with Gasteiger partial charge >= 0.3 is 0 Å². The Hall–Kier alpha value is -1.98. The van der Waals surface area contributed by atoms with E-state index < -0.39 is 0 Å². The Morgan fingerprint density at radius 1 is 1.38 bits per heavy atom.